The fourth-order valence-corrected chi connectivity index (χ4v) is 2.91. The smallest absolute Gasteiger partial charge is 0.228 e. The zero-order valence-corrected chi connectivity index (χ0v) is 14.0. The summed E-state index contributed by atoms with van der Waals surface area (Å²) in [4.78, 5) is 12.1. The molecule has 3 rings (SSSR count). The maximum absolute atomic E-state index is 13.5. The summed E-state index contributed by atoms with van der Waals surface area (Å²) in [5, 5.41) is 3.35. The number of aromatic nitrogens is 3. The minimum atomic E-state index is -1.26. The summed E-state index contributed by atoms with van der Waals surface area (Å²) in [6.45, 7) is 1.40. The van der Waals surface area contributed by atoms with Crippen molar-refractivity contribution in [3.8, 4) is 0 Å². The van der Waals surface area contributed by atoms with Crippen LogP contribution in [-0.2, 0) is 6.42 Å². The standard InChI is InChI=1S/C18H24FN5/c1-12(19)16-22-17(20)24-18(23-16)21-15(14-10-11-14)9-5-8-13-6-3-2-4-7-13/h2-4,6-7,12,14-15H,5,8-11H2,1H3,(H3,20,21,22,23,24)/t12-,15?/m1/s1. The van der Waals surface area contributed by atoms with Crippen LogP contribution in [0.25, 0.3) is 0 Å². The van der Waals surface area contributed by atoms with E-state index in [2.05, 4.69) is 44.5 Å². The van der Waals surface area contributed by atoms with Gasteiger partial charge >= 0.3 is 0 Å². The lowest BCUT2D eigenvalue weighted by molar-refractivity contribution is 0.356. The number of nitrogen functional groups attached to an aromatic ring is 1. The molecular weight excluding hydrogens is 305 g/mol. The summed E-state index contributed by atoms with van der Waals surface area (Å²) in [5.74, 6) is 1.18. The molecule has 1 aromatic heterocycles. The van der Waals surface area contributed by atoms with E-state index in [-0.39, 0.29) is 11.8 Å². The summed E-state index contributed by atoms with van der Waals surface area (Å²) in [7, 11) is 0. The lowest BCUT2D eigenvalue weighted by Gasteiger charge is -2.18. The Hall–Kier alpha value is -2.24. The van der Waals surface area contributed by atoms with Crippen LogP contribution in [0.3, 0.4) is 0 Å². The molecule has 0 spiro atoms. The number of nitrogens with zero attached hydrogens (tertiary/aromatic N) is 3. The van der Waals surface area contributed by atoms with Crippen molar-refractivity contribution in [3.05, 3.63) is 41.7 Å². The molecule has 1 unspecified atom stereocenters. The third-order valence-corrected chi connectivity index (χ3v) is 4.35. The van der Waals surface area contributed by atoms with Gasteiger partial charge in [0.25, 0.3) is 0 Å². The Morgan fingerprint density at radius 2 is 1.96 bits per heavy atom. The van der Waals surface area contributed by atoms with Crippen LogP contribution >= 0.6 is 0 Å². The molecule has 1 aromatic carbocycles. The Kier molecular flexibility index (Phi) is 5.23. The molecule has 1 heterocycles. The number of anilines is 2. The predicted molar refractivity (Wildman–Crippen MR) is 93.3 cm³/mol. The van der Waals surface area contributed by atoms with Crippen molar-refractivity contribution in [2.24, 2.45) is 5.92 Å². The van der Waals surface area contributed by atoms with Crippen molar-refractivity contribution in [1.29, 1.82) is 0 Å². The van der Waals surface area contributed by atoms with E-state index in [9.17, 15) is 4.39 Å². The molecule has 24 heavy (non-hydrogen) atoms. The van der Waals surface area contributed by atoms with Crippen LogP contribution in [0.1, 0.15) is 50.2 Å². The third kappa shape index (κ3) is 4.63. The third-order valence-electron chi connectivity index (χ3n) is 4.35. The summed E-state index contributed by atoms with van der Waals surface area (Å²) in [6.07, 6.45) is 4.36. The maximum atomic E-state index is 13.5. The SMILES string of the molecule is C[C@@H](F)c1nc(N)nc(NC(CCCc2ccccc2)C2CC2)n1. The van der Waals surface area contributed by atoms with Crippen molar-refractivity contribution in [2.75, 3.05) is 11.1 Å². The van der Waals surface area contributed by atoms with Crippen LogP contribution < -0.4 is 11.1 Å². The van der Waals surface area contributed by atoms with Crippen molar-refractivity contribution in [2.45, 2.75) is 51.2 Å². The first-order valence-corrected chi connectivity index (χ1v) is 8.58. The van der Waals surface area contributed by atoms with Gasteiger partial charge in [0.1, 0.15) is 0 Å². The molecule has 0 amide bonds. The van der Waals surface area contributed by atoms with E-state index in [4.69, 9.17) is 5.73 Å². The maximum Gasteiger partial charge on any atom is 0.228 e. The molecule has 128 valence electrons. The topological polar surface area (TPSA) is 76.7 Å². The lowest BCUT2D eigenvalue weighted by Crippen LogP contribution is -2.24. The van der Waals surface area contributed by atoms with E-state index in [0.717, 1.165) is 19.3 Å². The number of hydrogen-bond acceptors (Lipinski definition) is 5. The highest BCUT2D eigenvalue weighted by molar-refractivity contribution is 5.33. The average molecular weight is 329 g/mol. The van der Waals surface area contributed by atoms with Gasteiger partial charge in [0.05, 0.1) is 0 Å². The Balaban J connectivity index is 1.60. The van der Waals surface area contributed by atoms with Gasteiger partial charge in [-0.3, -0.25) is 0 Å². The van der Waals surface area contributed by atoms with Gasteiger partial charge in [0, 0.05) is 6.04 Å². The molecule has 0 aliphatic heterocycles. The second-order valence-corrected chi connectivity index (χ2v) is 6.46. The molecule has 3 N–H and O–H groups in total. The number of nitrogens with two attached hydrogens (primary N) is 1. The Bertz CT molecular complexity index is 658. The van der Waals surface area contributed by atoms with Gasteiger partial charge in [-0.2, -0.15) is 15.0 Å². The normalized spacial score (nSPS) is 16.6. The molecule has 1 fully saturated rings. The van der Waals surface area contributed by atoms with Crippen LogP contribution in [0.15, 0.2) is 30.3 Å². The second kappa shape index (κ2) is 7.55. The van der Waals surface area contributed by atoms with Gasteiger partial charge in [-0.05, 0) is 50.5 Å². The van der Waals surface area contributed by atoms with Gasteiger partial charge in [-0.25, -0.2) is 4.39 Å². The van der Waals surface area contributed by atoms with Crippen LogP contribution in [-0.4, -0.2) is 21.0 Å². The molecule has 2 atom stereocenters. The molecule has 0 radical (unpaired) electrons. The number of benzene rings is 1. The predicted octanol–water partition coefficient (Wildman–Crippen LogP) is 3.70. The molecule has 5 nitrogen and oxygen atoms in total. The zero-order chi connectivity index (χ0) is 16.9. The first-order chi connectivity index (χ1) is 11.6. The van der Waals surface area contributed by atoms with Crippen LogP contribution in [0.4, 0.5) is 16.3 Å². The minimum Gasteiger partial charge on any atom is -0.368 e. The monoisotopic (exact) mass is 329 g/mol. The molecule has 2 aromatic rings. The number of nitrogens with one attached hydrogen (secondary N) is 1. The fraction of sp³-hybridized carbons (Fsp3) is 0.500. The molecule has 1 aliphatic carbocycles. The quantitative estimate of drug-likeness (QED) is 0.772. The Morgan fingerprint density at radius 1 is 1.21 bits per heavy atom. The first-order valence-electron chi connectivity index (χ1n) is 8.58. The van der Waals surface area contributed by atoms with Gasteiger partial charge in [0.2, 0.25) is 11.9 Å². The van der Waals surface area contributed by atoms with Crippen LogP contribution in [0.2, 0.25) is 0 Å². The average Bonchev–Trinajstić information content (AvgIpc) is 3.39. The Morgan fingerprint density at radius 3 is 2.62 bits per heavy atom. The molecule has 1 saturated carbocycles. The van der Waals surface area contributed by atoms with Crippen molar-refractivity contribution < 1.29 is 4.39 Å². The Labute approximate surface area is 141 Å². The number of hydrogen-bond donors (Lipinski definition) is 2. The van der Waals surface area contributed by atoms with E-state index in [1.165, 1.54) is 25.3 Å². The van der Waals surface area contributed by atoms with Crippen molar-refractivity contribution in [3.63, 3.8) is 0 Å². The summed E-state index contributed by atoms with van der Waals surface area (Å²) >= 11 is 0. The van der Waals surface area contributed by atoms with Gasteiger partial charge in [0.15, 0.2) is 12.0 Å². The van der Waals surface area contributed by atoms with Crippen LogP contribution in [0, 0.1) is 5.92 Å². The zero-order valence-electron chi connectivity index (χ0n) is 14.0. The minimum absolute atomic E-state index is 0.0610. The largest absolute Gasteiger partial charge is 0.368 e. The number of aryl methyl sites for hydroxylation is 1. The number of rotatable bonds is 8. The highest BCUT2D eigenvalue weighted by Crippen LogP contribution is 2.36. The number of halogens is 1. The van der Waals surface area contributed by atoms with Gasteiger partial charge < -0.3 is 11.1 Å². The summed E-state index contributed by atoms with van der Waals surface area (Å²) in [5.41, 5.74) is 7.02. The van der Waals surface area contributed by atoms with Gasteiger partial charge in [-0.15, -0.1) is 0 Å². The lowest BCUT2D eigenvalue weighted by atomic mass is 10.0. The summed E-state index contributed by atoms with van der Waals surface area (Å²) < 4.78 is 13.5. The highest BCUT2D eigenvalue weighted by Gasteiger charge is 2.31. The number of alkyl halides is 1. The highest BCUT2D eigenvalue weighted by atomic mass is 19.1. The van der Waals surface area contributed by atoms with E-state index in [1.807, 2.05) is 6.07 Å². The van der Waals surface area contributed by atoms with E-state index < -0.39 is 6.17 Å². The summed E-state index contributed by atoms with van der Waals surface area (Å²) in [6, 6.07) is 10.8. The van der Waals surface area contributed by atoms with E-state index >= 15 is 0 Å². The van der Waals surface area contributed by atoms with Crippen LogP contribution in [0.5, 0.6) is 0 Å². The second-order valence-electron chi connectivity index (χ2n) is 6.46. The van der Waals surface area contributed by atoms with Crippen molar-refractivity contribution in [1.82, 2.24) is 15.0 Å². The molecule has 0 bridgehead atoms. The molecular formula is C18H24FN5. The first kappa shape index (κ1) is 16.6. The molecule has 1 aliphatic rings. The van der Waals surface area contributed by atoms with E-state index in [1.54, 1.807) is 0 Å². The van der Waals surface area contributed by atoms with Gasteiger partial charge in [-0.1, -0.05) is 30.3 Å². The molecule has 0 saturated heterocycles. The fourth-order valence-electron chi connectivity index (χ4n) is 2.91. The van der Waals surface area contributed by atoms with E-state index in [0.29, 0.717) is 17.9 Å². The molecule has 6 heteroatoms. The van der Waals surface area contributed by atoms with Crippen molar-refractivity contribution >= 4 is 11.9 Å².